The fourth-order valence-corrected chi connectivity index (χ4v) is 7.46. The second-order valence-electron chi connectivity index (χ2n) is 6.89. The summed E-state index contributed by atoms with van der Waals surface area (Å²) in [6.45, 7) is 0.930. The van der Waals surface area contributed by atoms with Gasteiger partial charge >= 0.3 is 0 Å². The quantitative estimate of drug-likeness (QED) is 0.482. The van der Waals surface area contributed by atoms with Gasteiger partial charge in [0.2, 0.25) is 10.0 Å². The second kappa shape index (κ2) is 7.73. The molecule has 30 heavy (non-hydrogen) atoms. The lowest BCUT2D eigenvalue weighted by Crippen LogP contribution is -2.38. The highest BCUT2D eigenvalue weighted by Crippen LogP contribution is 2.31. The van der Waals surface area contributed by atoms with Crippen molar-refractivity contribution in [1.29, 1.82) is 0 Å². The summed E-state index contributed by atoms with van der Waals surface area (Å²) in [5.41, 5.74) is 2.00. The summed E-state index contributed by atoms with van der Waals surface area (Å²) < 4.78 is 33.4. The number of thioether (sulfide) groups is 1. The zero-order chi connectivity index (χ0) is 20.7. The van der Waals surface area contributed by atoms with E-state index in [0.717, 1.165) is 39.2 Å². The highest BCUT2D eigenvalue weighted by Gasteiger charge is 2.31. The summed E-state index contributed by atoms with van der Waals surface area (Å²) in [6, 6.07) is 14.7. The number of fused-ring (bicyclic) bond motifs is 3. The van der Waals surface area contributed by atoms with Crippen LogP contribution in [0.1, 0.15) is 9.67 Å². The zero-order valence-electron chi connectivity index (χ0n) is 15.8. The maximum absolute atomic E-state index is 13.0. The number of anilines is 1. The third-order valence-corrected chi connectivity index (χ3v) is 8.99. The van der Waals surface area contributed by atoms with Crippen molar-refractivity contribution >= 4 is 66.7 Å². The Bertz CT molecular complexity index is 1350. The number of hydrogen-bond acceptors (Lipinski definition) is 6. The van der Waals surface area contributed by atoms with Gasteiger partial charge in [0.15, 0.2) is 0 Å². The molecule has 1 aliphatic heterocycles. The van der Waals surface area contributed by atoms with Gasteiger partial charge < -0.3 is 9.73 Å². The van der Waals surface area contributed by atoms with Crippen molar-refractivity contribution in [3.05, 3.63) is 58.8 Å². The molecule has 0 radical (unpaired) electrons. The summed E-state index contributed by atoms with van der Waals surface area (Å²) in [7, 11) is -3.69. The van der Waals surface area contributed by atoms with E-state index in [0.29, 0.717) is 24.4 Å². The van der Waals surface area contributed by atoms with E-state index >= 15 is 0 Å². The molecule has 0 aliphatic carbocycles. The Morgan fingerprint density at radius 2 is 1.77 bits per heavy atom. The van der Waals surface area contributed by atoms with E-state index in [1.807, 2.05) is 30.3 Å². The smallest absolute Gasteiger partial charge is 0.267 e. The number of hydrogen-bond donors (Lipinski definition) is 1. The van der Waals surface area contributed by atoms with Crippen LogP contribution in [0.2, 0.25) is 0 Å². The van der Waals surface area contributed by atoms with Crippen molar-refractivity contribution in [3.8, 4) is 0 Å². The number of carbonyl (C=O) groups excluding carboxylic acids is 1. The topological polar surface area (TPSA) is 79.6 Å². The van der Waals surface area contributed by atoms with Crippen LogP contribution in [0.15, 0.2) is 63.2 Å². The first-order valence-electron chi connectivity index (χ1n) is 9.42. The number of carbonyl (C=O) groups is 1. The third kappa shape index (κ3) is 3.41. The lowest BCUT2D eigenvalue weighted by atomic mass is 10.1. The SMILES string of the molecule is O=C(Nc1ccc2c(c1)oc1ccccc12)c1sccc1S(=O)(=O)N1CCSCC1. The van der Waals surface area contributed by atoms with Gasteiger partial charge in [0.1, 0.15) is 20.9 Å². The van der Waals surface area contributed by atoms with Gasteiger partial charge in [-0.1, -0.05) is 18.2 Å². The van der Waals surface area contributed by atoms with Gasteiger partial charge in [-0.3, -0.25) is 4.79 Å². The Kier molecular flexibility index (Phi) is 5.06. The van der Waals surface area contributed by atoms with Crippen LogP contribution in [-0.2, 0) is 10.0 Å². The van der Waals surface area contributed by atoms with E-state index in [1.54, 1.807) is 29.3 Å². The molecular formula is C21H18N2O4S3. The minimum absolute atomic E-state index is 0.0710. The van der Waals surface area contributed by atoms with E-state index in [-0.39, 0.29) is 9.77 Å². The van der Waals surface area contributed by atoms with E-state index in [2.05, 4.69) is 5.32 Å². The molecular weight excluding hydrogens is 440 g/mol. The predicted molar refractivity (Wildman–Crippen MR) is 122 cm³/mol. The van der Waals surface area contributed by atoms with Crippen molar-refractivity contribution in [2.75, 3.05) is 29.9 Å². The Morgan fingerprint density at radius 1 is 1.00 bits per heavy atom. The van der Waals surface area contributed by atoms with Gasteiger partial charge in [0.25, 0.3) is 5.91 Å². The molecule has 3 heterocycles. The molecule has 2 aromatic carbocycles. The Morgan fingerprint density at radius 3 is 2.60 bits per heavy atom. The van der Waals surface area contributed by atoms with Crippen LogP contribution in [0, 0.1) is 0 Å². The summed E-state index contributed by atoms with van der Waals surface area (Å²) in [5.74, 6) is 1.09. The minimum Gasteiger partial charge on any atom is -0.456 e. The lowest BCUT2D eigenvalue weighted by molar-refractivity contribution is 0.102. The monoisotopic (exact) mass is 458 g/mol. The first-order chi connectivity index (χ1) is 14.5. The summed E-state index contributed by atoms with van der Waals surface area (Å²) in [6.07, 6.45) is 0. The molecule has 0 bridgehead atoms. The highest BCUT2D eigenvalue weighted by atomic mass is 32.2. The molecule has 1 fully saturated rings. The molecule has 0 spiro atoms. The molecule has 5 rings (SSSR count). The second-order valence-corrected chi connectivity index (χ2v) is 10.9. The van der Waals surface area contributed by atoms with Crippen LogP contribution in [0.4, 0.5) is 5.69 Å². The van der Waals surface area contributed by atoms with Gasteiger partial charge in [0, 0.05) is 47.1 Å². The predicted octanol–water partition coefficient (Wildman–Crippen LogP) is 4.64. The van der Waals surface area contributed by atoms with Crippen molar-refractivity contribution in [2.24, 2.45) is 0 Å². The summed E-state index contributed by atoms with van der Waals surface area (Å²) in [4.78, 5) is 13.2. The van der Waals surface area contributed by atoms with Crippen molar-refractivity contribution in [2.45, 2.75) is 4.90 Å². The van der Waals surface area contributed by atoms with E-state index in [9.17, 15) is 13.2 Å². The number of thiophene rings is 1. The van der Waals surface area contributed by atoms with Crippen LogP contribution < -0.4 is 5.32 Å². The molecule has 154 valence electrons. The van der Waals surface area contributed by atoms with Crippen LogP contribution >= 0.6 is 23.1 Å². The molecule has 6 nitrogen and oxygen atoms in total. The summed E-state index contributed by atoms with van der Waals surface area (Å²) in [5, 5.41) is 6.44. The molecule has 0 unspecified atom stereocenters. The molecule has 1 aliphatic rings. The molecule has 0 saturated carbocycles. The fraction of sp³-hybridized carbons (Fsp3) is 0.190. The molecule has 1 N–H and O–H groups in total. The highest BCUT2D eigenvalue weighted by molar-refractivity contribution is 7.99. The van der Waals surface area contributed by atoms with E-state index in [4.69, 9.17) is 4.42 Å². The normalized spacial score (nSPS) is 15.6. The van der Waals surface area contributed by atoms with E-state index < -0.39 is 15.9 Å². The van der Waals surface area contributed by atoms with Crippen LogP contribution in [0.25, 0.3) is 21.9 Å². The number of sulfonamides is 1. The average molecular weight is 459 g/mol. The fourth-order valence-electron chi connectivity index (χ4n) is 3.58. The number of nitrogens with zero attached hydrogens (tertiary/aromatic N) is 1. The Balaban J connectivity index is 1.44. The summed E-state index contributed by atoms with van der Waals surface area (Å²) >= 11 is 2.86. The van der Waals surface area contributed by atoms with Gasteiger partial charge in [-0.25, -0.2) is 8.42 Å². The molecule has 4 aromatic rings. The number of benzene rings is 2. The van der Waals surface area contributed by atoms with Crippen molar-refractivity contribution in [3.63, 3.8) is 0 Å². The standard InChI is InChI=1S/C21H18N2O4S3/c24-21(20-19(7-10-29-20)30(25,26)23-8-11-28-12-9-23)22-14-5-6-16-15-3-1-2-4-17(15)27-18(16)13-14/h1-7,10,13H,8-9,11-12H2,(H,22,24). The number of nitrogens with one attached hydrogen (secondary N) is 1. The van der Waals surface area contributed by atoms with Crippen molar-refractivity contribution < 1.29 is 17.6 Å². The number of rotatable bonds is 4. The van der Waals surface area contributed by atoms with Gasteiger partial charge in [-0.15, -0.1) is 11.3 Å². The van der Waals surface area contributed by atoms with Gasteiger partial charge in [-0.2, -0.15) is 16.1 Å². The Hall–Kier alpha value is -2.33. The number of para-hydroxylation sites is 1. The number of furan rings is 1. The minimum atomic E-state index is -3.69. The number of amides is 1. The first-order valence-corrected chi connectivity index (χ1v) is 12.9. The van der Waals surface area contributed by atoms with Gasteiger partial charge in [0.05, 0.1) is 0 Å². The average Bonchev–Trinajstić information content (AvgIpc) is 3.39. The first kappa shape index (κ1) is 19.6. The van der Waals surface area contributed by atoms with Crippen LogP contribution in [0.5, 0.6) is 0 Å². The molecule has 1 amide bonds. The van der Waals surface area contributed by atoms with Crippen LogP contribution in [0.3, 0.4) is 0 Å². The Labute approximate surface area is 181 Å². The molecule has 2 aromatic heterocycles. The van der Waals surface area contributed by atoms with Gasteiger partial charge in [-0.05, 0) is 29.6 Å². The lowest BCUT2D eigenvalue weighted by Gasteiger charge is -2.25. The molecule has 9 heteroatoms. The third-order valence-electron chi connectivity index (χ3n) is 5.06. The van der Waals surface area contributed by atoms with E-state index in [1.165, 1.54) is 10.4 Å². The largest absolute Gasteiger partial charge is 0.456 e. The maximum Gasteiger partial charge on any atom is 0.267 e. The molecule has 1 saturated heterocycles. The molecule has 0 atom stereocenters. The zero-order valence-corrected chi connectivity index (χ0v) is 18.3. The van der Waals surface area contributed by atoms with Crippen LogP contribution in [-0.4, -0.2) is 43.2 Å². The maximum atomic E-state index is 13.0. The van der Waals surface area contributed by atoms with Crippen molar-refractivity contribution in [1.82, 2.24) is 4.31 Å².